The van der Waals surface area contributed by atoms with Gasteiger partial charge in [0.05, 0.1) is 0 Å². The summed E-state index contributed by atoms with van der Waals surface area (Å²) in [6, 6.07) is 14.8. The topological polar surface area (TPSA) is 55.6 Å². The average molecular weight is 333 g/mol. The molecule has 0 aromatic heterocycles. The lowest BCUT2D eigenvalue weighted by Crippen LogP contribution is -2.42. The number of nitrogens with two attached hydrogens (primary N) is 1. The Morgan fingerprint density at radius 3 is 2.43 bits per heavy atom. The van der Waals surface area contributed by atoms with Crippen LogP contribution < -0.4 is 15.4 Å². The molecule has 0 fully saturated rings. The molecule has 0 spiro atoms. The van der Waals surface area contributed by atoms with Gasteiger partial charge in [-0.25, -0.2) is 0 Å². The zero-order chi connectivity index (χ0) is 16.8. The minimum absolute atomic E-state index is 0.342. The number of anilines is 1. The number of hydrogen-bond acceptors (Lipinski definition) is 3. The van der Waals surface area contributed by atoms with Crippen molar-refractivity contribution >= 4 is 23.2 Å². The smallest absolute Gasteiger partial charge is 0.239 e. The molecule has 1 atom stereocenters. The maximum Gasteiger partial charge on any atom is 0.239 e. The second-order valence-corrected chi connectivity index (χ2v) is 5.65. The van der Waals surface area contributed by atoms with Crippen molar-refractivity contribution in [2.24, 2.45) is 5.73 Å². The van der Waals surface area contributed by atoms with E-state index in [2.05, 4.69) is 0 Å². The number of carbonyl (C=O) groups is 1. The zero-order valence-electron chi connectivity index (χ0n) is 13.3. The molecule has 0 aliphatic heterocycles. The maximum atomic E-state index is 11.4. The van der Waals surface area contributed by atoms with Gasteiger partial charge in [-0.2, -0.15) is 0 Å². The summed E-state index contributed by atoms with van der Waals surface area (Å²) in [4.78, 5) is 13.3. The van der Waals surface area contributed by atoms with Crippen LogP contribution in [0.25, 0.3) is 0 Å². The van der Waals surface area contributed by atoms with Crippen molar-refractivity contribution < 1.29 is 9.53 Å². The van der Waals surface area contributed by atoms with E-state index in [1.807, 2.05) is 60.4 Å². The van der Waals surface area contributed by atoms with Gasteiger partial charge in [0.1, 0.15) is 18.4 Å². The number of hydrogen-bond donors (Lipinski definition) is 1. The second kappa shape index (κ2) is 7.88. The third kappa shape index (κ3) is 4.39. The van der Waals surface area contributed by atoms with Gasteiger partial charge in [-0.15, -0.1) is 0 Å². The summed E-state index contributed by atoms with van der Waals surface area (Å²) in [7, 11) is 0. The molecule has 0 aliphatic rings. The van der Waals surface area contributed by atoms with Crippen molar-refractivity contribution in [1.29, 1.82) is 0 Å². The first kappa shape index (κ1) is 17.2. The van der Waals surface area contributed by atoms with Gasteiger partial charge in [0.15, 0.2) is 0 Å². The van der Waals surface area contributed by atoms with Gasteiger partial charge in [-0.1, -0.05) is 29.8 Å². The number of likely N-dealkylation sites (N-methyl/N-ethyl adjacent to an activating group) is 1. The van der Waals surface area contributed by atoms with E-state index in [9.17, 15) is 4.79 Å². The van der Waals surface area contributed by atoms with Gasteiger partial charge in [0.2, 0.25) is 5.91 Å². The molecule has 2 aromatic carbocycles. The summed E-state index contributed by atoms with van der Waals surface area (Å²) in [5.41, 5.74) is 7.26. The molecule has 23 heavy (non-hydrogen) atoms. The minimum Gasteiger partial charge on any atom is -0.489 e. The number of ether oxygens (including phenoxy) is 1. The summed E-state index contributed by atoms with van der Waals surface area (Å²) in [6.45, 7) is 4.90. The minimum atomic E-state index is -0.352. The van der Waals surface area contributed by atoms with Crippen LogP contribution in [0.15, 0.2) is 48.5 Å². The van der Waals surface area contributed by atoms with Gasteiger partial charge in [-0.05, 0) is 44.2 Å². The van der Waals surface area contributed by atoms with Crippen LogP contribution in [0, 0.1) is 0 Å². The first-order valence-corrected chi connectivity index (χ1v) is 7.93. The highest BCUT2D eigenvalue weighted by atomic mass is 35.5. The molecular formula is C18H21ClN2O2. The number of carbonyl (C=O) groups excluding carboxylic acids is 1. The number of amides is 1. The molecule has 0 bridgehead atoms. The number of primary amides is 1. The van der Waals surface area contributed by atoms with Crippen LogP contribution in [0.1, 0.15) is 19.4 Å². The fraction of sp³-hybridized carbons (Fsp3) is 0.278. The normalized spacial score (nSPS) is 11.8. The molecule has 2 aromatic rings. The van der Waals surface area contributed by atoms with Crippen molar-refractivity contribution in [2.45, 2.75) is 26.5 Å². The van der Waals surface area contributed by atoms with E-state index in [-0.39, 0.29) is 11.9 Å². The first-order valence-electron chi connectivity index (χ1n) is 7.55. The molecule has 0 saturated heterocycles. The van der Waals surface area contributed by atoms with Crippen molar-refractivity contribution in [2.75, 3.05) is 11.4 Å². The SMILES string of the molecule is CCN(c1ccc(OCc2ccccc2Cl)cc1)C(C)C(N)=O. The molecule has 0 radical (unpaired) electrons. The molecule has 2 N–H and O–H groups in total. The maximum absolute atomic E-state index is 11.4. The molecule has 4 nitrogen and oxygen atoms in total. The summed E-state index contributed by atoms with van der Waals surface area (Å²) >= 11 is 6.11. The summed E-state index contributed by atoms with van der Waals surface area (Å²) in [6.07, 6.45) is 0. The third-order valence-corrected chi connectivity index (χ3v) is 4.11. The summed E-state index contributed by atoms with van der Waals surface area (Å²) < 4.78 is 5.75. The quantitative estimate of drug-likeness (QED) is 0.842. The lowest BCUT2D eigenvalue weighted by atomic mass is 10.2. The average Bonchev–Trinajstić information content (AvgIpc) is 2.56. The molecule has 0 saturated carbocycles. The van der Waals surface area contributed by atoms with Gasteiger partial charge < -0.3 is 15.4 Å². The predicted molar refractivity (Wildman–Crippen MR) is 93.9 cm³/mol. The highest BCUT2D eigenvalue weighted by Crippen LogP contribution is 2.23. The molecular weight excluding hydrogens is 312 g/mol. The molecule has 1 unspecified atom stereocenters. The molecule has 5 heteroatoms. The molecule has 122 valence electrons. The fourth-order valence-electron chi connectivity index (χ4n) is 2.34. The van der Waals surface area contributed by atoms with Crippen LogP contribution >= 0.6 is 11.6 Å². The van der Waals surface area contributed by atoms with Crippen molar-refractivity contribution in [3.05, 3.63) is 59.1 Å². The van der Waals surface area contributed by atoms with E-state index in [1.54, 1.807) is 6.92 Å². The van der Waals surface area contributed by atoms with Crippen LogP contribution in [0.5, 0.6) is 5.75 Å². The fourth-order valence-corrected chi connectivity index (χ4v) is 2.53. The summed E-state index contributed by atoms with van der Waals surface area (Å²) in [5.74, 6) is 0.405. The van der Waals surface area contributed by atoms with Crippen molar-refractivity contribution in [3.63, 3.8) is 0 Å². The Morgan fingerprint density at radius 1 is 1.22 bits per heavy atom. The van der Waals surface area contributed by atoms with Gasteiger partial charge >= 0.3 is 0 Å². The molecule has 0 aliphatic carbocycles. The largest absolute Gasteiger partial charge is 0.489 e. The predicted octanol–water partition coefficient (Wildman–Crippen LogP) is 3.62. The Bertz CT molecular complexity index is 658. The standard InChI is InChI=1S/C18H21ClN2O2/c1-3-21(13(2)18(20)22)15-8-10-16(11-9-15)23-12-14-6-4-5-7-17(14)19/h4-11,13H,3,12H2,1-2H3,(H2,20,22). The van der Waals surface area contributed by atoms with E-state index in [4.69, 9.17) is 22.1 Å². The Morgan fingerprint density at radius 2 is 1.87 bits per heavy atom. The zero-order valence-corrected chi connectivity index (χ0v) is 14.1. The van der Waals surface area contributed by atoms with Crippen molar-refractivity contribution in [1.82, 2.24) is 0 Å². The molecule has 2 rings (SSSR count). The Balaban J connectivity index is 2.04. The third-order valence-electron chi connectivity index (χ3n) is 3.74. The monoisotopic (exact) mass is 332 g/mol. The van der Waals surface area contributed by atoms with E-state index in [0.29, 0.717) is 18.2 Å². The van der Waals surface area contributed by atoms with E-state index in [0.717, 1.165) is 17.0 Å². The highest BCUT2D eigenvalue weighted by molar-refractivity contribution is 6.31. The first-order chi connectivity index (χ1) is 11.0. The number of rotatable bonds is 7. The van der Waals surface area contributed by atoms with Gasteiger partial charge in [0.25, 0.3) is 0 Å². The summed E-state index contributed by atoms with van der Waals surface area (Å²) in [5, 5.41) is 0.691. The number of benzene rings is 2. The number of halogens is 1. The lowest BCUT2D eigenvalue weighted by molar-refractivity contribution is -0.118. The Hall–Kier alpha value is -2.20. The van der Waals surface area contributed by atoms with Crippen LogP contribution in [0.2, 0.25) is 5.02 Å². The van der Waals surface area contributed by atoms with Crippen molar-refractivity contribution in [3.8, 4) is 5.75 Å². The van der Waals surface area contributed by atoms with Crippen LogP contribution in [-0.2, 0) is 11.4 Å². The second-order valence-electron chi connectivity index (χ2n) is 5.24. The van der Waals surface area contributed by atoms with Crippen LogP contribution in [0.3, 0.4) is 0 Å². The van der Waals surface area contributed by atoms with E-state index < -0.39 is 0 Å². The highest BCUT2D eigenvalue weighted by Gasteiger charge is 2.17. The van der Waals surface area contributed by atoms with Gasteiger partial charge in [0, 0.05) is 22.8 Å². The molecule has 0 heterocycles. The number of nitrogens with zero attached hydrogens (tertiary/aromatic N) is 1. The van der Waals surface area contributed by atoms with Crippen LogP contribution in [-0.4, -0.2) is 18.5 Å². The Labute approximate surface area is 141 Å². The van der Waals surface area contributed by atoms with Crippen LogP contribution in [0.4, 0.5) is 5.69 Å². The van der Waals surface area contributed by atoms with E-state index in [1.165, 1.54) is 0 Å². The van der Waals surface area contributed by atoms with E-state index >= 15 is 0 Å². The molecule has 1 amide bonds. The van der Waals surface area contributed by atoms with Gasteiger partial charge in [-0.3, -0.25) is 4.79 Å². The lowest BCUT2D eigenvalue weighted by Gasteiger charge is -2.28. The Kier molecular flexibility index (Phi) is 5.88.